The van der Waals surface area contributed by atoms with Gasteiger partial charge in [-0.2, -0.15) is 0 Å². The van der Waals surface area contributed by atoms with E-state index in [-0.39, 0.29) is 11.3 Å². The molecule has 0 aromatic heterocycles. The van der Waals surface area contributed by atoms with Gasteiger partial charge in [-0.3, -0.25) is 0 Å². The summed E-state index contributed by atoms with van der Waals surface area (Å²) in [5.74, 6) is 0. The van der Waals surface area contributed by atoms with Gasteiger partial charge in [0.2, 0.25) is 0 Å². The maximum atomic E-state index is 13.6. The van der Waals surface area contributed by atoms with Crippen LogP contribution < -0.4 is 4.90 Å². The highest BCUT2D eigenvalue weighted by Gasteiger charge is 2.34. The maximum Gasteiger partial charge on any atom is 0.164 e. The number of aliphatic hydroxyl groups excluding tert-OH is 1. The summed E-state index contributed by atoms with van der Waals surface area (Å²) in [5, 5.41) is 8.69. The zero-order chi connectivity index (χ0) is 9.03. The number of nitrogens with one attached hydrogen (secondary N) is 1. The Bertz CT molecular complexity index is 135. The number of piperazine rings is 1. The first-order chi connectivity index (χ1) is 5.70. The number of aliphatic hydroxyl groups is 1. The summed E-state index contributed by atoms with van der Waals surface area (Å²) in [6.07, 6.45) is 0. The highest BCUT2D eigenvalue weighted by Crippen LogP contribution is 2.06. The van der Waals surface area contributed by atoms with Gasteiger partial charge >= 0.3 is 0 Å². The number of halogens is 1. The number of nitrogens with zero attached hydrogens (tertiary/aromatic N) is 1. The van der Waals surface area contributed by atoms with Crippen LogP contribution >= 0.6 is 0 Å². The van der Waals surface area contributed by atoms with Crippen LogP contribution in [0.2, 0.25) is 0 Å². The molecule has 1 aliphatic rings. The second kappa shape index (κ2) is 4.16. The zero-order valence-corrected chi connectivity index (χ0v) is 7.72. The Morgan fingerprint density at radius 3 is 2.42 bits per heavy atom. The van der Waals surface area contributed by atoms with Crippen LogP contribution in [-0.2, 0) is 0 Å². The summed E-state index contributed by atoms with van der Waals surface area (Å²) in [5.41, 5.74) is 0. The van der Waals surface area contributed by atoms with E-state index in [2.05, 4.69) is 0 Å². The molecular formula is C8H19FN2O+2. The summed E-state index contributed by atoms with van der Waals surface area (Å²) in [6, 6.07) is 0. The Kier molecular flexibility index (Phi) is 3.43. The minimum atomic E-state index is -0.283. The van der Waals surface area contributed by atoms with Crippen LogP contribution in [0.25, 0.3) is 0 Å². The fourth-order valence-electron chi connectivity index (χ4n) is 1.68. The smallest absolute Gasteiger partial charge is 0.164 e. The van der Waals surface area contributed by atoms with E-state index in [1.54, 1.807) is 0 Å². The van der Waals surface area contributed by atoms with Crippen molar-refractivity contribution in [3.8, 4) is 0 Å². The second-order valence-corrected chi connectivity index (χ2v) is 3.52. The molecule has 2 N–H and O–H groups in total. The van der Waals surface area contributed by atoms with E-state index in [0.29, 0.717) is 19.6 Å². The summed E-state index contributed by atoms with van der Waals surface area (Å²) in [4.78, 5) is 1.33. The standard InChI is InChI=1S/C8H18FN2O/c1-2-11(9)6-3-10(4-7-11)5-8-12/h12H,2-8H2,1H3/q+1/p+1. The molecule has 0 bridgehead atoms. The summed E-state index contributed by atoms with van der Waals surface area (Å²) < 4.78 is 13.3. The number of hydrogen-bond acceptors (Lipinski definition) is 1. The topological polar surface area (TPSA) is 24.7 Å². The summed E-state index contributed by atoms with van der Waals surface area (Å²) in [7, 11) is 0. The lowest BCUT2D eigenvalue weighted by molar-refractivity contribution is -1.10. The number of hydrogen-bond donors (Lipinski definition) is 2. The van der Waals surface area contributed by atoms with Crippen LogP contribution in [0, 0.1) is 0 Å². The molecule has 0 atom stereocenters. The van der Waals surface area contributed by atoms with Gasteiger partial charge in [0.15, 0.2) is 13.1 Å². The van der Waals surface area contributed by atoms with Crippen molar-refractivity contribution in [3.05, 3.63) is 0 Å². The van der Waals surface area contributed by atoms with E-state index in [1.165, 1.54) is 4.90 Å². The molecule has 0 aliphatic carbocycles. The van der Waals surface area contributed by atoms with Crippen molar-refractivity contribution in [1.82, 2.24) is 0 Å². The fraction of sp³-hybridized carbons (Fsp3) is 1.00. The highest BCUT2D eigenvalue weighted by atomic mass is 19.2. The Balaban J connectivity index is 2.29. The van der Waals surface area contributed by atoms with Crippen LogP contribution in [0.5, 0.6) is 0 Å². The van der Waals surface area contributed by atoms with E-state index in [0.717, 1.165) is 19.6 Å². The minimum Gasteiger partial charge on any atom is -0.391 e. The quantitative estimate of drug-likeness (QED) is 0.510. The molecule has 1 heterocycles. The first-order valence-electron chi connectivity index (χ1n) is 4.70. The molecular weight excluding hydrogens is 159 g/mol. The minimum absolute atomic E-state index is 0.216. The monoisotopic (exact) mass is 178 g/mol. The van der Waals surface area contributed by atoms with Crippen molar-refractivity contribution in [2.75, 3.05) is 45.9 Å². The van der Waals surface area contributed by atoms with Crippen LogP contribution in [0.4, 0.5) is 4.48 Å². The maximum absolute atomic E-state index is 13.6. The van der Waals surface area contributed by atoms with Gasteiger partial charge in [0.25, 0.3) is 0 Å². The molecule has 0 radical (unpaired) electrons. The van der Waals surface area contributed by atoms with E-state index < -0.39 is 0 Å². The van der Waals surface area contributed by atoms with E-state index in [9.17, 15) is 4.48 Å². The SMILES string of the molecule is CC[N+]1(F)CC[NH+](CCO)CC1. The average molecular weight is 178 g/mol. The van der Waals surface area contributed by atoms with Gasteiger partial charge < -0.3 is 10.0 Å². The molecule has 1 fully saturated rings. The molecule has 0 saturated carbocycles. The predicted octanol–water partition coefficient (Wildman–Crippen LogP) is -1.40. The van der Waals surface area contributed by atoms with E-state index in [4.69, 9.17) is 5.11 Å². The van der Waals surface area contributed by atoms with Crippen molar-refractivity contribution < 1.29 is 19.2 Å². The molecule has 0 aromatic carbocycles. The molecule has 0 amide bonds. The molecule has 12 heavy (non-hydrogen) atoms. The first-order valence-corrected chi connectivity index (χ1v) is 4.70. The Morgan fingerprint density at radius 1 is 1.42 bits per heavy atom. The van der Waals surface area contributed by atoms with Gasteiger partial charge in [0.1, 0.15) is 26.2 Å². The van der Waals surface area contributed by atoms with Crippen molar-refractivity contribution in [2.45, 2.75) is 6.92 Å². The Morgan fingerprint density at radius 2 is 2.00 bits per heavy atom. The molecule has 4 heteroatoms. The third-order valence-corrected chi connectivity index (χ3v) is 2.76. The van der Waals surface area contributed by atoms with Crippen molar-refractivity contribution in [1.29, 1.82) is 0 Å². The average Bonchev–Trinajstić information content (AvgIpc) is 2.10. The van der Waals surface area contributed by atoms with Gasteiger partial charge in [0.05, 0.1) is 6.61 Å². The Labute approximate surface area is 72.9 Å². The molecule has 1 saturated heterocycles. The second-order valence-electron chi connectivity index (χ2n) is 3.52. The van der Waals surface area contributed by atoms with Crippen molar-refractivity contribution in [2.24, 2.45) is 0 Å². The van der Waals surface area contributed by atoms with Gasteiger partial charge in [0, 0.05) is 0 Å². The lowest BCUT2D eigenvalue weighted by Gasteiger charge is -2.32. The van der Waals surface area contributed by atoms with Crippen LogP contribution in [0.1, 0.15) is 6.92 Å². The lowest BCUT2D eigenvalue weighted by atomic mass is 10.3. The largest absolute Gasteiger partial charge is 0.391 e. The van der Waals surface area contributed by atoms with Crippen LogP contribution in [0.3, 0.4) is 0 Å². The van der Waals surface area contributed by atoms with Crippen LogP contribution in [0.15, 0.2) is 0 Å². The first kappa shape index (κ1) is 9.89. The zero-order valence-electron chi connectivity index (χ0n) is 7.72. The molecule has 0 unspecified atom stereocenters. The molecule has 0 aromatic rings. The lowest BCUT2D eigenvalue weighted by Crippen LogP contribution is -3.15. The van der Waals surface area contributed by atoms with Gasteiger partial charge in [-0.1, -0.05) is 0 Å². The van der Waals surface area contributed by atoms with Crippen molar-refractivity contribution >= 4 is 0 Å². The third-order valence-electron chi connectivity index (χ3n) is 2.76. The van der Waals surface area contributed by atoms with E-state index in [1.807, 2.05) is 6.92 Å². The normalized spacial score (nSPS) is 36.8. The fourth-order valence-corrected chi connectivity index (χ4v) is 1.68. The van der Waals surface area contributed by atoms with Crippen LogP contribution in [-0.4, -0.2) is 55.7 Å². The Hall–Kier alpha value is -0.190. The summed E-state index contributed by atoms with van der Waals surface area (Å²) in [6.45, 7) is 6.36. The molecule has 1 aliphatic heterocycles. The number of quaternary nitrogens is 2. The molecule has 72 valence electrons. The predicted molar refractivity (Wildman–Crippen MR) is 44.3 cm³/mol. The number of likely N-dealkylation sites (N-methyl/N-ethyl adjacent to an activating group) is 1. The van der Waals surface area contributed by atoms with Gasteiger partial charge in [-0.15, -0.1) is 4.71 Å². The molecule has 3 nitrogen and oxygen atoms in total. The molecule has 1 rings (SSSR count). The van der Waals surface area contributed by atoms with Gasteiger partial charge in [-0.05, 0) is 11.4 Å². The summed E-state index contributed by atoms with van der Waals surface area (Å²) >= 11 is 0. The van der Waals surface area contributed by atoms with E-state index >= 15 is 0 Å². The van der Waals surface area contributed by atoms with Crippen molar-refractivity contribution in [3.63, 3.8) is 0 Å². The number of rotatable bonds is 3. The third kappa shape index (κ3) is 2.40. The highest BCUT2D eigenvalue weighted by molar-refractivity contribution is 4.40. The molecule has 0 spiro atoms. The van der Waals surface area contributed by atoms with Gasteiger partial charge in [-0.25, -0.2) is 0 Å².